The van der Waals surface area contributed by atoms with Crippen LogP contribution in [-0.2, 0) is 13.1 Å². The predicted octanol–water partition coefficient (Wildman–Crippen LogP) is 3.93. The lowest BCUT2D eigenvalue weighted by atomic mass is 9.96. The summed E-state index contributed by atoms with van der Waals surface area (Å²) in [6.07, 6.45) is 0. The standard InChI is InChI=1S/C20H25N5O2/c1-12-7-18(10-23-15(4)8-13(2)21-23)17(6)20(25(26)27)19(12)11-24-16(5)9-14(3)22-24/h7-9H,10-11H2,1-6H3. The van der Waals surface area contributed by atoms with Gasteiger partial charge in [-0.2, -0.15) is 10.2 Å². The maximum Gasteiger partial charge on any atom is 0.277 e. The quantitative estimate of drug-likeness (QED) is 0.505. The summed E-state index contributed by atoms with van der Waals surface area (Å²) in [4.78, 5) is 11.6. The molecule has 0 radical (unpaired) electrons. The lowest BCUT2D eigenvalue weighted by Crippen LogP contribution is -2.12. The molecule has 7 nitrogen and oxygen atoms in total. The number of nitro groups is 1. The fraction of sp³-hybridized carbons (Fsp3) is 0.400. The number of hydrogen-bond donors (Lipinski definition) is 0. The molecular formula is C20H25N5O2. The smallest absolute Gasteiger partial charge is 0.265 e. The van der Waals surface area contributed by atoms with E-state index >= 15 is 0 Å². The number of aromatic nitrogens is 4. The van der Waals surface area contributed by atoms with Crippen LogP contribution in [0, 0.1) is 51.7 Å². The summed E-state index contributed by atoms with van der Waals surface area (Å²) in [6, 6.07) is 6.03. The Bertz CT molecular complexity index is 1030. The summed E-state index contributed by atoms with van der Waals surface area (Å²) in [5.74, 6) is 0. The van der Waals surface area contributed by atoms with Gasteiger partial charge in [0.05, 0.1) is 35.0 Å². The Hall–Kier alpha value is -2.96. The van der Waals surface area contributed by atoms with Crippen molar-refractivity contribution < 1.29 is 4.92 Å². The molecule has 3 aromatic rings. The molecule has 27 heavy (non-hydrogen) atoms. The van der Waals surface area contributed by atoms with Gasteiger partial charge in [-0.25, -0.2) is 0 Å². The molecule has 0 aliphatic carbocycles. The minimum absolute atomic E-state index is 0.180. The molecule has 0 saturated heterocycles. The Morgan fingerprint density at radius 1 is 0.889 bits per heavy atom. The van der Waals surface area contributed by atoms with Crippen LogP contribution in [-0.4, -0.2) is 24.5 Å². The number of hydrogen-bond acceptors (Lipinski definition) is 4. The summed E-state index contributed by atoms with van der Waals surface area (Å²) >= 11 is 0. The second-order valence-corrected chi connectivity index (χ2v) is 7.23. The predicted molar refractivity (Wildman–Crippen MR) is 104 cm³/mol. The van der Waals surface area contributed by atoms with Crippen molar-refractivity contribution in [3.05, 3.63) is 73.3 Å². The van der Waals surface area contributed by atoms with Crippen LogP contribution in [0.5, 0.6) is 0 Å². The molecule has 1 aromatic carbocycles. The molecule has 0 aliphatic heterocycles. The van der Waals surface area contributed by atoms with Gasteiger partial charge in [-0.05, 0) is 64.8 Å². The van der Waals surface area contributed by atoms with Crippen molar-refractivity contribution in [2.24, 2.45) is 0 Å². The first kappa shape index (κ1) is 18.8. The van der Waals surface area contributed by atoms with Gasteiger partial charge in [-0.15, -0.1) is 0 Å². The van der Waals surface area contributed by atoms with Crippen molar-refractivity contribution in [1.29, 1.82) is 0 Å². The van der Waals surface area contributed by atoms with Crippen molar-refractivity contribution in [1.82, 2.24) is 19.6 Å². The minimum Gasteiger partial charge on any atom is -0.265 e. The van der Waals surface area contributed by atoms with Crippen LogP contribution in [0.1, 0.15) is 45.0 Å². The largest absolute Gasteiger partial charge is 0.277 e. The Morgan fingerprint density at radius 2 is 1.41 bits per heavy atom. The monoisotopic (exact) mass is 367 g/mol. The average molecular weight is 367 g/mol. The number of nitro benzene ring substituents is 1. The topological polar surface area (TPSA) is 78.8 Å². The maximum atomic E-state index is 11.9. The fourth-order valence-electron chi connectivity index (χ4n) is 3.61. The van der Waals surface area contributed by atoms with E-state index in [1.54, 1.807) is 0 Å². The summed E-state index contributed by atoms with van der Waals surface area (Å²) in [5.41, 5.74) is 7.28. The number of rotatable bonds is 5. The van der Waals surface area contributed by atoms with Crippen LogP contribution in [0.4, 0.5) is 5.69 Å². The minimum atomic E-state index is -0.270. The van der Waals surface area contributed by atoms with E-state index < -0.39 is 0 Å². The summed E-state index contributed by atoms with van der Waals surface area (Å²) in [6.45, 7) is 12.5. The van der Waals surface area contributed by atoms with Crippen molar-refractivity contribution in [2.45, 2.75) is 54.6 Å². The van der Waals surface area contributed by atoms with Gasteiger partial charge in [-0.3, -0.25) is 19.5 Å². The van der Waals surface area contributed by atoms with Crippen LogP contribution >= 0.6 is 0 Å². The molecule has 2 heterocycles. The van der Waals surface area contributed by atoms with Crippen molar-refractivity contribution in [2.75, 3.05) is 0 Å². The molecule has 2 aromatic heterocycles. The first-order valence-corrected chi connectivity index (χ1v) is 8.95. The summed E-state index contributed by atoms with van der Waals surface area (Å²) < 4.78 is 3.71. The molecule has 0 aliphatic rings. The van der Waals surface area contributed by atoms with E-state index in [1.807, 2.05) is 69.1 Å². The fourth-order valence-corrected chi connectivity index (χ4v) is 3.61. The molecule has 0 bridgehead atoms. The Balaban J connectivity index is 2.08. The normalized spacial score (nSPS) is 11.2. The van der Waals surface area contributed by atoms with Gasteiger partial charge in [0, 0.05) is 17.0 Å². The van der Waals surface area contributed by atoms with Crippen molar-refractivity contribution in [3.63, 3.8) is 0 Å². The van der Waals surface area contributed by atoms with E-state index in [-0.39, 0.29) is 10.6 Å². The van der Waals surface area contributed by atoms with Crippen molar-refractivity contribution >= 4 is 5.69 Å². The highest BCUT2D eigenvalue weighted by molar-refractivity contribution is 5.55. The SMILES string of the molecule is Cc1cc(C)n(Cc2cc(C)c(Cn3nc(C)cc3C)c([N+](=O)[O-])c2C)n1. The molecule has 3 rings (SSSR count). The van der Waals surface area contributed by atoms with Gasteiger partial charge in [0.2, 0.25) is 0 Å². The van der Waals surface area contributed by atoms with Gasteiger partial charge in [0.15, 0.2) is 0 Å². The zero-order valence-corrected chi connectivity index (χ0v) is 16.7. The Labute approximate surface area is 158 Å². The molecule has 7 heteroatoms. The maximum absolute atomic E-state index is 11.9. The second kappa shape index (κ2) is 6.98. The highest BCUT2D eigenvalue weighted by Crippen LogP contribution is 2.31. The second-order valence-electron chi connectivity index (χ2n) is 7.23. The Kier molecular flexibility index (Phi) is 4.87. The number of aryl methyl sites for hydroxylation is 5. The van der Waals surface area contributed by atoms with Crippen LogP contribution in [0.15, 0.2) is 18.2 Å². The molecule has 0 atom stereocenters. The highest BCUT2D eigenvalue weighted by atomic mass is 16.6. The average Bonchev–Trinajstić information content (AvgIpc) is 3.04. The van der Waals surface area contributed by atoms with Crippen LogP contribution in [0.3, 0.4) is 0 Å². The first-order chi connectivity index (χ1) is 12.7. The molecule has 0 unspecified atom stereocenters. The number of nitrogens with zero attached hydrogens (tertiary/aromatic N) is 5. The van der Waals surface area contributed by atoms with Gasteiger partial charge < -0.3 is 0 Å². The van der Waals surface area contributed by atoms with E-state index in [9.17, 15) is 10.1 Å². The Morgan fingerprint density at radius 3 is 1.85 bits per heavy atom. The lowest BCUT2D eigenvalue weighted by molar-refractivity contribution is -0.386. The van der Waals surface area contributed by atoms with Gasteiger partial charge >= 0.3 is 0 Å². The van der Waals surface area contributed by atoms with E-state index in [1.165, 1.54) is 0 Å². The molecule has 0 N–H and O–H groups in total. The molecule has 142 valence electrons. The third-order valence-corrected chi connectivity index (χ3v) is 5.01. The molecule has 0 fully saturated rings. The van der Waals surface area contributed by atoms with E-state index in [4.69, 9.17) is 0 Å². The van der Waals surface area contributed by atoms with Gasteiger partial charge in [0.1, 0.15) is 0 Å². The van der Waals surface area contributed by atoms with E-state index in [0.717, 1.165) is 33.9 Å². The van der Waals surface area contributed by atoms with Crippen LogP contribution < -0.4 is 0 Å². The molecule has 0 spiro atoms. The molecular weight excluding hydrogens is 342 g/mol. The number of benzene rings is 1. The van der Waals surface area contributed by atoms with E-state index in [0.29, 0.717) is 24.2 Å². The summed E-state index contributed by atoms with van der Waals surface area (Å²) in [7, 11) is 0. The van der Waals surface area contributed by atoms with Crippen molar-refractivity contribution in [3.8, 4) is 0 Å². The zero-order valence-electron chi connectivity index (χ0n) is 16.7. The van der Waals surface area contributed by atoms with Crippen LogP contribution in [0.2, 0.25) is 0 Å². The molecule has 0 amide bonds. The zero-order chi connectivity index (χ0) is 19.9. The van der Waals surface area contributed by atoms with Gasteiger partial charge in [-0.1, -0.05) is 6.07 Å². The van der Waals surface area contributed by atoms with Gasteiger partial charge in [0.25, 0.3) is 5.69 Å². The summed E-state index contributed by atoms with van der Waals surface area (Å²) in [5, 5.41) is 20.9. The third kappa shape index (κ3) is 3.63. The first-order valence-electron chi connectivity index (χ1n) is 8.95. The highest BCUT2D eigenvalue weighted by Gasteiger charge is 2.24. The van der Waals surface area contributed by atoms with E-state index in [2.05, 4.69) is 10.2 Å². The van der Waals surface area contributed by atoms with Crippen LogP contribution in [0.25, 0.3) is 0 Å². The third-order valence-electron chi connectivity index (χ3n) is 5.01. The molecule has 0 saturated carbocycles. The lowest BCUT2D eigenvalue weighted by Gasteiger charge is -2.15.